The van der Waals surface area contributed by atoms with Crippen LogP contribution >= 0.6 is 0 Å². The first kappa shape index (κ1) is 16.1. The minimum Gasteiger partial charge on any atom is -0.0618 e. The number of hydrogen-bond acceptors (Lipinski definition) is 0. The fraction of sp³-hybridized carbons (Fsp3) is 0.391. The first-order valence-electron chi connectivity index (χ1n) is 9.04. The number of allylic oxidation sites excluding steroid dienone is 1. The number of rotatable bonds is 3. The van der Waals surface area contributed by atoms with E-state index in [2.05, 4.69) is 69.3 Å². The highest BCUT2D eigenvalue weighted by Crippen LogP contribution is 2.35. The molecule has 23 heavy (non-hydrogen) atoms. The Morgan fingerprint density at radius 3 is 1.78 bits per heavy atom. The van der Waals surface area contributed by atoms with Crippen molar-refractivity contribution < 1.29 is 0 Å². The van der Waals surface area contributed by atoms with Crippen LogP contribution in [0.1, 0.15) is 74.1 Å². The summed E-state index contributed by atoms with van der Waals surface area (Å²) in [5.74, 6) is 0.592. The van der Waals surface area contributed by atoms with Gasteiger partial charge in [0.15, 0.2) is 0 Å². The van der Waals surface area contributed by atoms with Gasteiger partial charge in [-0.25, -0.2) is 0 Å². The van der Waals surface area contributed by atoms with Gasteiger partial charge in [0.25, 0.3) is 0 Å². The smallest absolute Gasteiger partial charge is 0.0119 e. The van der Waals surface area contributed by atoms with E-state index in [1.54, 1.807) is 5.57 Å². The molecule has 120 valence electrons. The van der Waals surface area contributed by atoms with Crippen molar-refractivity contribution >= 4 is 5.57 Å². The molecule has 3 rings (SSSR count). The molecule has 1 saturated carbocycles. The van der Waals surface area contributed by atoms with Gasteiger partial charge in [-0.2, -0.15) is 0 Å². The summed E-state index contributed by atoms with van der Waals surface area (Å²) >= 11 is 0. The highest BCUT2D eigenvalue weighted by molar-refractivity contribution is 5.82. The van der Waals surface area contributed by atoms with Crippen molar-refractivity contribution in [2.75, 3.05) is 0 Å². The van der Waals surface area contributed by atoms with Crippen molar-refractivity contribution in [1.82, 2.24) is 0 Å². The van der Waals surface area contributed by atoms with E-state index in [1.807, 2.05) is 0 Å². The van der Waals surface area contributed by atoms with Crippen LogP contribution in [-0.2, 0) is 0 Å². The van der Waals surface area contributed by atoms with Gasteiger partial charge in [-0.05, 0) is 60.8 Å². The Morgan fingerprint density at radius 1 is 0.739 bits per heavy atom. The van der Waals surface area contributed by atoms with Gasteiger partial charge >= 0.3 is 0 Å². The molecule has 0 aromatic heterocycles. The van der Waals surface area contributed by atoms with E-state index in [-0.39, 0.29) is 0 Å². The lowest BCUT2D eigenvalue weighted by atomic mass is 9.84. The van der Waals surface area contributed by atoms with Crippen LogP contribution in [0.3, 0.4) is 0 Å². The zero-order chi connectivity index (χ0) is 16.2. The summed E-state index contributed by atoms with van der Waals surface area (Å²) in [5.41, 5.74) is 8.65. The maximum atomic E-state index is 2.33. The Balaban J connectivity index is 2.06. The molecule has 0 atom stereocenters. The summed E-state index contributed by atoms with van der Waals surface area (Å²) in [5, 5.41) is 0. The van der Waals surface area contributed by atoms with Gasteiger partial charge in [0.1, 0.15) is 0 Å². The van der Waals surface area contributed by atoms with Crippen molar-refractivity contribution in [2.24, 2.45) is 0 Å². The van der Waals surface area contributed by atoms with E-state index in [0.717, 1.165) is 0 Å². The summed E-state index contributed by atoms with van der Waals surface area (Å²) in [7, 11) is 0. The highest BCUT2D eigenvalue weighted by Gasteiger charge is 2.15. The SMILES string of the molecule is Cc1ccc(C(=C2CCCCC2)c2ccc(C(C)C)cc2)cc1. The molecule has 1 aliphatic rings. The zero-order valence-electron chi connectivity index (χ0n) is 14.7. The monoisotopic (exact) mass is 304 g/mol. The molecule has 0 spiro atoms. The van der Waals surface area contributed by atoms with Gasteiger partial charge in [-0.3, -0.25) is 0 Å². The van der Waals surface area contributed by atoms with Gasteiger partial charge in [-0.1, -0.05) is 79.9 Å². The summed E-state index contributed by atoms with van der Waals surface area (Å²) < 4.78 is 0. The molecule has 0 heterocycles. The molecule has 0 N–H and O–H groups in total. The molecule has 0 radical (unpaired) electrons. The normalized spacial score (nSPS) is 15.0. The molecule has 1 fully saturated rings. The van der Waals surface area contributed by atoms with Gasteiger partial charge in [0, 0.05) is 0 Å². The van der Waals surface area contributed by atoms with Crippen LogP contribution in [0.25, 0.3) is 5.57 Å². The van der Waals surface area contributed by atoms with Crippen LogP contribution in [-0.4, -0.2) is 0 Å². The van der Waals surface area contributed by atoms with Crippen molar-refractivity contribution in [3.05, 3.63) is 76.4 Å². The van der Waals surface area contributed by atoms with E-state index in [9.17, 15) is 0 Å². The second kappa shape index (κ2) is 7.17. The van der Waals surface area contributed by atoms with Crippen molar-refractivity contribution in [1.29, 1.82) is 0 Å². The first-order valence-corrected chi connectivity index (χ1v) is 9.04. The van der Waals surface area contributed by atoms with Gasteiger partial charge in [0.2, 0.25) is 0 Å². The highest BCUT2D eigenvalue weighted by atomic mass is 14.2. The third-order valence-electron chi connectivity index (χ3n) is 5.02. The first-order chi connectivity index (χ1) is 11.1. The second-order valence-electron chi connectivity index (χ2n) is 7.18. The molecular formula is C23H28. The Morgan fingerprint density at radius 2 is 1.26 bits per heavy atom. The van der Waals surface area contributed by atoms with Crippen molar-refractivity contribution in [3.8, 4) is 0 Å². The van der Waals surface area contributed by atoms with E-state index >= 15 is 0 Å². The predicted octanol–water partition coefficient (Wildman–Crippen LogP) is 6.88. The summed E-state index contributed by atoms with van der Waals surface area (Å²) in [6.45, 7) is 6.68. The summed E-state index contributed by atoms with van der Waals surface area (Å²) in [4.78, 5) is 0. The molecule has 2 aromatic rings. The second-order valence-corrected chi connectivity index (χ2v) is 7.18. The Kier molecular flexibility index (Phi) is 5.00. The maximum Gasteiger partial charge on any atom is -0.0119 e. The van der Waals surface area contributed by atoms with Crippen LogP contribution in [0, 0.1) is 6.92 Å². The molecule has 2 aromatic carbocycles. The van der Waals surface area contributed by atoms with Crippen LogP contribution in [0.5, 0.6) is 0 Å². The average Bonchev–Trinajstić information content (AvgIpc) is 2.58. The molecule has 1 aliphatic carbocycles. The van der Waals surface area contributed by atoms with Gasteiger partial charge in [-0.15, -0.1) is 0 Å². The maximum absolute atomic E-state index is 2.33. The lowest BCUT2D eigenvalue weighted by molar-refractivity contribution is 0.601. The van der Waals surface area contributed by atoms with Crippen LogP contribution in [0.15, 0.2) is 54.1 Å². The van der Waals surface area contributed by atoms with Gasteiger partial charge < -0.3 is 0 Å². The van der Waals surface area contributed by atoms with Gasteiger partial charge in [0.05, 0.1) is 0 Å². The van der Waals surface area contributed by atoms with E-state index in [0.29, 0.717) is 5.92 Å². The average molecular weight is 304 g/mol. The standard InChI is InChI=1S/C23H28/c1-17(2)19-13-15-22(16-14-19)23(20-7-5-4-6-8-20)21-11-9-18(3)10-12-21/h9-17H,4-8H2,1-3H3. The minimum absolute atomic E-state index is 0.592. The molecule has 0 bridgehead atoms. The van der Waals surface area contributed by atoms with Crippen molar-refractivity contribution in [2.45, 2.75) is 58.8 Å². The largest absolute Gasteiger partial charge is 0.0618 e. The molecule has 0 amide bonds. The number of aryl methyl sites for hydroxylation is 1. The molecule has 0 saturated heterocycles. The quantitative estimate of drug-likeness (QED) is 0.579. The Labute approximate surface area is 141 Å². The Bertz CT molecular complexity index is 661. The predicted molar refractivity (Wildman–Crippen MR) is 101 cm³/mol. The molecular weight excluding hydrogens is 276 g/mol. The third kappa shape index (κ3) is 3.75. The topological polar surface area (TPSA) is 0 Å². The van der Waals surface area contributed by atoms with E-state index < -0.39 is 0 Å². The molecule has 0 unspecified atom stereocenters. The summed E-state index contributed by atoms with van der Waals surface area (Å²) in [6.07, 6.45) is 6.59. The van der Waals surface area contributed by atoms with Crippen LogP contribution < -0.4 is 0 Å². The van der Waals surface area contributed by atoms with Crippen LogP contribution in [0.2, 0.25) is 0 Å². The lowest BCUT2D eigenvalue weighted by Gasteiger charge is -2.21. The Hall–Kier alpha value is -1.82. The molecule has 0 aliphatic heterocycles. The number of hydrogen-bond donors (Lipinski definition) is 0. The van der Waals surface area contributed by atoms with E-state index in [4.69, 9.17) is 0 Å². The molecule has 0 heteroatoms. The van der Waals surface area contributed by atoms with Crippen molar-refractivity contribution in [3.63, 3.8) is 0 Å². The number of benzene rings is 2. The van der Waals surface area contributed by atoms with Crippen LogP contribution in [0.4, 0.5) is 0 Å². The fourth-order valence-corrected chi connectivity index (χ4v) is 3.56. The fourth-order valence-electron chi connectivity index (χ4n) is 3.56. The van der Waals surface area contributed by atoms with E-state index in [1.165, 1.54) is 59.9 Å². The lowest BCUT2D eigenvalue weighted by Crippen LogP contribution is -2.01. The zero-order valence-corrected chi connectivity index (χ0v) is 14.7. The summed E-state index contributed by atoms with van der Waals surface area (Å²) in [6, 6.07) is 18.3. The minimum atomic E-state index is 0.592. The molecule has 0 nitrogen and oxygen atoms in total. The third-order valence-corrected chi connectivity index (χ3v) is 5.02.